The Bertz CT molecular complexity index is 489. The van der Waals surface area contributed by atoms with Crippen molar-refractivity contribution in [1.82, 2.24) is 4.98 Å². The van der Waals surface area contributed by atoms with Crippen LogP contribution in [0.1, 0.15) is 42.2 Å². The quantitative estimate of drug-likeness (QED) is 0.895. The van der Waals surface area contributed by atoms with E-state index < -0.39 is 5.97 Å². The van der Waals surface area contributed by atoms with E-state index in [1.54, 1.807) is 11.3 Å². The molecule has 1 aromatic rings. The lowest BCUT2D eigenvalue weighted by Gasteiger charge is -2.11. The van der Waals surface area contributed by atoms with Crippen molar-refractivity contribution in [3.8, 4) is 0 Å². The Morgan fingerprint density at radius 1 is 1.47 bits per heavy atom. The Morgan fingerprint density at radius 3 is 3.00 bits per heavy atom. The third kappa shape index (κ3) is 2.60. The fourth-order valence-electron chi connectivity index (χ4n) is 2.99. The first-order valence-electron chi connectivity index (χ1n) is 6.69. The smallest absolute Gasteiger partial charge is 0.312 e. The fourth-order valence-corrected chi connectivity index (χ4v) is 4.90. The molecule has 19 heavy (non-hydrogen) atoms. The molecule has 2 N–H and O–H groups in total. The number of fused-ring (bicyclic) bond motifs is 1. The SMILES string of the molecule is CSC1CCC(Nc2nc3c(s2)CCC3C(=O)O)C1. The van der Waals surface area contributed by atoms with Gasteiger partial charge in [-0.25, -0.2) is 4.98 Å². The Morgan fingerprint density at radius 2 is 2.32 bits per heavy atom. The van der Waals surface area contributed by atoms with Crippen LogP contribution in [-0.4, -0.2) is 33.6 Å². The fraction of sp³-hybridized carbons (Fsp3) is 0.692. The maximum atomic E-state index is 11.1. The molecule has 104 valence electrons. The summed E-state index contributed by atoms with van der Waals surface area (Å²) >= 11 is 3.59. The number of anilines is 1. The lowest BCUT2D eigenvalue weighted by atomic mass is 10.1. The van der Waals surface area contributed by atoms with Crippen LogP contribution in [0.25, 0.3) is 0 Å². The minimum atomic E-state index is -0.737. The first-order chi connectivity index (χ1) is 9.17. The highest BCUT2D eigenvalue weighted by atomic mass is 32.2. The predicted octanol–water partition coefficient (Wildman–Crippen LogP) is 2.95. The van der Waals surface area contributed by atoms with Crippen LogP contribution < -0.4 is 5.32 Å². The van der Waals surface area contributed by atoms with E-state index in [4.69, 9.17) is 5.11 Å². The van der Waals surface area contributed by atoms with Gasteiger partial charge < -0.3 is 10.4 Å². The molecule has 1 saturated carbocycles. The molecule has 0 aliphatic heterocycles. The summed E-state index contributed by atoms with van der Waals surface area (Å²) in [6.45, 7) is 0. The van der Waals surface area contributed by atoms with Gasteiger partial charge in [-0.2, -0.15) is 11.8 Å². The zero-order valence-corrected chi connectivity index (χ0v) is 12.5. The minimum absolute atomic E-state index is 0.385. The summed E-state index contributed by atoms with van der Waals surface area (Å²) in [4.78, 5) is 16.8. The van der Waals surface area contributed by atoms with Gasteiger partial charge in [0.2, 0.25) is 0 Å². The molecule has 3 unspecified atom stereocenters. The van der Waals surface area contributed by atoms with E-state index in [1.807, 2.05) is 11.8 Å². The lowest BCUT2D eigenvalue weighted by Crippen LogP contribution is -2.16. The van der Waals surface area contributed by atoms with Gasteiger partial charge in [0, 0.05) is 16.2 Å². The summed E-state index contributed by atoms with van der Waals surface area (Å²) in [5, 5.41) is 14.3. The summed E-state index contributed by atoms with van der Waals surface area (Å²) in [5.41, 5.74) is 0.805. The van der Waals surface area contributed by atoms with Crippen molar-refractivity contribution < 1.29 is 9.90 Å². The van der Waals surface area contributed by atoms with Gasteiger partial charge in [-0.15, -0.1) is 11.3 Å². The second-order valence-corrected chi connectivity index (χ2v) is 7.49. The number of carbonyl (C=O) groups is 1. The zero-order chi connectivity index (χ0) is 13.4. The molecule has 1 heterocycles. The Labute approximate surface area is 121 Å². The molecule has 3 rings (SSSR count). The normalized spacial score (nSPS) is 29.4. The number of hydrogen-bond donors (Lipinski definition) is 2. The molecule has 2 aliphatic rings. The highest BCUT2D eigenvalue weighted by Crippen LogP contribution is 2.39. The molecule has 6 heteroatoms. The number of hydrogen-bond acceptors (Lipinski definition) is 5. The summed E-state index contributed by atoms with van der Waals surface area (Å²) in [7, 11) is 0. The largest absolute Gasteiger partial charge is 0.481 e. The van der Waals surface area contributed by atoms with Gasteiger partial charge in [0.1, 0.15) is 5.92 Å². The molecule has 1 fully saturated rings. The van der Waals surface area contributed by atoms with Crippen molar-refractivity contribution in [3.63, 3.8) is 0 Å². The highest BCUT2D eigenvalue weighted by molar-refractivity contribution is 7.99. The van der Waals surface area contributed by atoms with Crippen LogP contribution in [0, 0.1) is 0 Å². The monoisotopic (exact) mass is 298 g/mol. The molecule has 0 amide bonds. The van der Waals surface area contributed by atoms with Crippen LogP contribution in [0.3, 0.4) is 0 Å². The summed E-state index contributed by atoms with van der Waals surface area (Å²) < 4.78 is 0. The van der Waals surface area contributed by atoms with Crippen molar-refractivity contribution in [2.45, 2.75) is 49.3 Å². The van der Waals surface area contributed by atoms with E-state index in [0.717, 1.165) is 27.4 Å². The van der Waals surface area contributed by atoms with E-state index in [2.05, 4.69) is 16.6 Å². The summed E-state index contributed by atoms with van der Waals surface area (Å²) in [5.74, 6) is -1.12. The number of aryl methyl sites for hydroxylation is 1. The second-order valence-electron chi connectivity index (χ2n) is 5.27. The maximum Gasteiger partial charge on any atom is 0.312 e. The van der Waals surface area contributed by atoms with E-state index in [1.165, 1.54) is 19.3 Å². The number of nitrogens with zero attached hydrogens (tertiary/aromatic N) is 1. The number of carboxylic acid groups (broad SMARTS) is 1. The van der Waals surface area contributed by atoms with Gasteiger partial charge in [0.25, 0.3) is 0 Å². The van der Waals surface area contributed by atoms with Crippen LogP contribution in [0.2, 0.25) is 0 Å². The number of aromatic nitrogens is 1. The third-order valence-electron chi connectivity index (χ3n) is 4.06. The van der Waals surface area contributed by atoms with Gasteiger partial charge >= 0.3 is 5.97 Å². The van der Waals surface area contributed by atoms with Crippen molar-refractivity contribution in [2.24, 2.45) is 0 Å². The summed E-state index contributed by atoms with van der Waals surface area (Å²) in [6, 6.07) is 0.506. The standard InChI is InChI=1S/C13H18N2O2S2/c1-18-8-3-2-7(6-8)14-13-15-11-9(12(16)17)4-5-10(11)19-13/h7-9H,2-6H2,1H3,(H,14,15)(H,16,17). The molecule has 1 aromatic heterocycles. The van der Waals surface area contributed by atoms with E-state index in [9.17, 15) is 4.79 Å². The number of thiazole rings is 1. The van der Waals surface area contributed by atoms with Gasteiger partial charge in [0.15, 0.2) is 5.13 Å². The van der Waals surface area contributed by atoms with Crippen LogP contribution in [0.5, 0.6) is 0 Å². The molecular weight excluding hydrogens is 280 g/mol. The Kier molecular flexibility index (Phi) is 3.71. The highest BCUT2D eigenvalue weighted by Gasteiger charge is 2.33. The van der Waals surface area contributed by atoms with Gasteiger partial charge in [-0.3, -0.25) is 4.79 Å². The molecular formula is C13H18N2O2S2. The zero-order valence-electron chi connectivity index (χ0n) is 10.9. The lowest BCUT2D eigenvalue weighted by molar-refractivity contribution is -0.138. The van der Waals surface area contributed by atoms with Gasteiger partial charge in [0.05, 0.1) is 5.69 Å². The molecule has 0 spiro atoms. The third-order valence-corrected chi connectivity index (χ3v) is 6.22. The molecule has 0 saturated heterocycles. The topological polar surface area (TPSA) is 62.2 Å². The predicted molar refractivity (Wildman–Crippen MR) is 79.4 cm³/mol. The van der Waals surface area contributed by atoms with Crippen LogP contribution in [-0.2, 0) is 11.2 Å². The maximum absolute atomic E-state index is 11.1. The average Bonchev–Trinajstić information content (AvgIpc) is 3.03. The number of thioether (sulfide) groups is 1. The molecule has 3 atom stereocenters. The number of rotatable bonds is 4. The molecule has 0 radical (unpaired) electrons. The molecule has 4 nitrogen and oxygen atoms in total. The molecule has 2 aliphatic carbocycles. The molecule has 0 aromatic carbocycles. The van der Waals surface area contributed by atoms with E-state index in [0.29, 0.717) is 12.5 Å². The first kappa shape index (κ1) is 13.2. The van der Waals surface area contributed by atoms with E-state index >= 15 is 0 Å². The van der Waals surface area contributed by atoms with Crippen LogP contribution >= 0.6 is 23.1 Å². The average molecular weight is 298 g/mol. The van der Waals surface area contributed by atoms with E-state index in [-0.39, 0.29) is 5.92 Å². The van der Waals surface area contributed by atoms with Crippen LogP contribution in [0.15, 0.2) is 0 Å². The van der Waals surface area contributed by atoms with Gasteiger partial charge in [-0.1, -0.05) is 0 Å². The molecule has 0 bridgehead atoms. The minimum Gasteiger partial charge on any atom is -0.481 e. The van der Waals surface area contributed by atoms with Crippen LogP contribution in [0.4, 0.5) is 5.13 Å². The number of aliphatic carboxylic acids is 1. The summed E-state index contributed by atoms with van der Waals surface area (Å²) in [6.07, 6.45) is 7.39. The van der Waals surface area contributed by atoms with Crippen molar-refractivity contribution >= 4 is 34.2 Å². The second kappa shape index (κ2) is 5.32. The first-order valence-corrected chi connectivity index (χ1v) is 8.79. The van der Waals surface area contributed by atoms with Gasteiger partial charge in [-0.05, 0) is 38.4 Å². The Balaban J connectivity index is 1.68. The van der Waals surface area contributed by atoms with Crippen molar-refractivity contribution in [2.75, 3.05) is 11.6 Å². The van der Waals surface area contributed by atoms with Crippen molar-refractivity contribution in [1.29, 1.82) is 0 Å². The Hall–Kier alpha value is -0.750. The number of carboxylic acids is 1. The van der Waals surface area contributed by atoms with Crippen molar-refractivity contribution in [3.05, 3.63) is 10.6 Å². The number of nitrogens with one attached hydrogen (secondary N) is 1.